The highest BCUT2D eigenvalue weighted by Crippen LogP contribution is 2.56. The summed E-state index contributed by atoms with van der Waals surface area (Å²) in [6.45, 7) is 6.57. The minimum atomic E-state index is 0.479. The zero-order valence-corrected chi connectivity index (χ0v) is 11.6. The first kappa shape index (κ1) is 12.2. The number of hydrogen-bond acceptors (Lipinski definition) is 2. The van der Waals surface area contributed by atoms with E-state index in [4.69, 9.17) is 0 Å². The Kier molecular flexibility index (Phi) is 3.42. The summed E-state index contributed by atoms with van der Waals surface area (Å²) < 4.78 is 2.30. The third-order valence-electron chi connectivity index (χ3n) is 4.73. The molecule has 2 fully saturated rings. The van der Waals surface area contributed by atoms with Crippen molar-refractivity contribution in [2.24, 2.45) is 17.8 Å². The van der Waals surface area contributed by atoms with Crippen LogP contribution in [-0.2, 0) is 6.54 Å². The summed E-state index contributed by atoms with van der Waals surface area (Å²) in [7, 11) is 0. The van der Waals surface area contributed by atoms with E-state index in [0.717, 1.165) is 30.8 Å². The molecule has 0 bridgehead atoms. The number of fused-ring (bicyclic) bond motifs is 1. The van der Waals surface area contributed by atoms with E-state index in [1.807, 2.05) is 6.20 Å². The molecule has 1 aromatic rings. The van der Waals surface area contributed by atoms with Crippen molar-refractivity contribution in [1.29, 1.82) is 0 Å². The van der Waals surface area contributed by atoms with Crippen molar-refractivity contribution in [1.82, 2.24) is 14.9 Å². The van der Waals surface area contributed by atoms with E-state index in [1.54, 1.807) is 0 Å². The molecule has 0 saturated heterocycles. The monoisotopic (exact) mass is 247 g/mol. The van der Waals surface area contributed by atoms with E-state index in [2.05, 4.69) is 34.9 Å². The van der Waals surface area contributed by atoms with Crippen LogP contribution in [0.1, 0.15) is 51.4 Å². The van der Waals surface area contributed by atoms with Crippen molar-refractivity contribution in [2.45, 2.75) is 52.1 Å². The fourth-order valence-electron chi connectivity index (χ4n) is 3.67. The van der Waals surface area contributed by atoms with Crippen LogP contribution in [0.15, 0.2) is 12.4 Å². The topological polar surface area (TPSA) is 29.9 Å². The van der Waals surface area contributed by atoms with Crippen LogP contribution in [-0.4, -0.2) is 16.1 Å². The van der Waals surface area contributed by atoms with Crippen molar-refractivity contribution in [2.75, 3.05) is 6.54 Å². The lowest BCUT2D eigenvalue weighted by molar-refractivity contribution is 0.321. The van der Waals surface area contributed by atoms with Gasteiger partial charge in [-0.15, -0.1) is 0 Å². The summed E-state index contributed by atoms with van der Waals surface area (Å²) in [5.74, 6) is 4.17. The van der Waals surface area contributed by atoms with Gasteiger partial charge in [-0.1, -0.05) is 6.92 Å². The molecule has 0 aromatic carbocycles. The van der Waals surface area contributed by atoms with E-state index in [-0.39, 0.29) is 0 Å². The molecule has 0 aliphatic heterocycles. The summed E-state index contributed by atoms with van der Waals surface area (Å²) in [5, 5.41) is 3.75. The Hall–Kier alpha value is -0.830. The standard InChI is InChI=1S/C15H25N3/c1-3-5-16-14(13-9-11-8-12(11)10-13)15-17-6-7-18(15)4-2/h6-7,11-14,16H,3-5,8-10H2,1-2H3. The number of nitrogens with zero attached hydrogens (tertiary/aromatic N) is 2. The van der Waals surface area contributed by atoms with E-state index in [0.29, 0.717) is 6.04 Å². The second-order valence-corrected chi connectivity index (χ2v) is 5.99. The van der Waals surface area contributed by atoms with Crippen LogP contribution in [0.25, 0.3) is 0 Å². The molecule has 3 rings (SSSR count). The molecule has 1 heterocycles. The Morgan fingerprint density at radius 2 is 2.11 bits per heavy atom. The quantitative estimate of drug-likeness (QED) is 0.837. The molecule has 1 aromatic heterocycles. The van der Waals surface area contributed by atoms with Crippen LogP contribution < -0.4 is 5.32 Å². The van der Waals surface area contributed by atoms with Gasteiger partial charge in [0.25, 0.3) is 0 Å². The second-order valence-electron chi connectivity index (χ2n) is 5.99. The van der Waals surface area contributed by atoms with Gasteiger partial charge in [-0.3, -0.25) is 0 Å². The van der Waals surface area contributed by atoms with Gasteiger partial charge in [0.1, 0.15) is 5.82 Å². The Bertz CT molecular complexity index is 388. The Balaban J connectivity index is 1.76. The lowest BCUT2D eigenvalue weighted by Crippen LogP contribution is -2.31. The third-order valence-corrected chi connectivity index (χ3v) is 4.73. The fraction of sp³-hybridized carbons (Fsp3) is 0.800. The van der Waals surface area contributed by atoms with Crippen LogP contribution in [0.5, 0.6) is 0 Å². The molecular formula is C15H25N3. The van der Waals surface area contributed by atoms with E-state index in [9.17, 15) is 0 Å². The average molecular weight is 247 g/mol. The first-order valence-electron chi connectivity index (χ1n) is 7.57. The Morgan fingerprint density at radius 3 is 2.78 bits per heavy atom. The minimum Gasteiger partial charge on any atom is -0.334 e. The maximum Gasteiger partial charge on any atom is 0.126 e. The second kappa shape index (κ2) is 5.04. The lowest BCUT2D eigenvalue weighted by atomic mass is 9.93. The molecule has 3 nitrogen and oxygen atoms in total. The van der Waals surface area contributed by atoms with E-state index in [1.165, 1.54) is 31.5 Å². The smallest absolute Gasteiger partial charge is 0.126 e. The highest BCUT2D eigenvalue weighted by molar-refractivity contribution is 5.07. The predicted octanol–water partition coefficient (Wildman–Crippen LogP) is 2.99. The number of hydrogen-bond donors (Lipinski definition) is 1. The van der Waals surface area contributed by atoms with Gasteiger partial charge in [0.15, 0.2) is 0 Å². The maximum absolute atomic E-state index is 4.63. The summed E-state index contributed by atoms with van der Waals surface area (Å²) >= 11 is 0. The number of imidazole rings is 1. The SMILES string of the molecule is CCCNC(c1nccn1CC)C1CC2CC2C1. The highest BCUT2D eigenvalue weighted by atomic mass is 15.1. The molecule has 100 valence electrons. The predicted molar refractivity (Wildman–Crippen MR) is 73.3 cm³/mol. The average Bonchev–Trinajstić information content (AvgIpc) is 2.82. The number of aromatic nitrogens is 2. The van der Waals surface area contributed by atoms with Gasteiger partial charge in [-0.05, 0) is 56.9 Å². The molecule has 3 atom stereocenters. The largest absolute Gasteiger partial charge is 0.334 e. The molecule has 2 aliphatic carbocycles. The van der Waals surface area contributed by atoms with Gasteiger partial charge in [-0.2, -0.15) is 0 Å². The normalized spacial score (nSPS) is 31.3. The van der Waals surface area contributed by atoms with Crippen molar-refractivity contribution in [3.05, 3.63) is 18.2 Å². The zero-order valence-electron chi connectivity index (χ0n) is 11.6. The van der Waals surface area contributed by atoms with Crippen LogP contribution in [0, 0.1) is 17.8 Å². The van der Waals surface area contributed by atoms with Crippen LogP contribution in [0.2, 0.25) is 0 Å². The molecular weight excluding hydrogens is 222 g/mol. The minimum absolute atomic E-state index is 0.479. The van der Waals surface area contributed by atoms with Crippen LogP contribution >= 0.6 is 0 Å². The van der Waals surface area contributed by atoms with Gasteiger partial charge in [0, 0.05) is 18.9 Å². The van der Waals surface area contributed by atoms with E-state index >= 15 is 0 Å². The molecule has 0 spiro atoms. The molecule has 3 heteroatoms. The summed E-state index contributed by atoms with van der Waals surface area (Å²) in [5.41, 5.74) is 0. The van der Waals surface area contributed by atoms with Crippen molar-refractivity contribution < 1.29 is 0 Å². The van der Waals surface area contributed by atoms with Crippen LogP contribution in [0.3, 0.4) is 0 Å². The van der Waals surface area contributed by atoms with Gasteiger partial charge in [-0.25, -0.2) is 4.98 Å². The van der Waals surface area contributed by atoms with Gasteiger partial charge in [0.2, 0.25) is 0 Å². The summed E-state index contributed by atoms with van der Waals surface area (Å²) in [6, 6.07) is 0.479. The number of aryl methyl sites for hydroxylation is 1. The molecule has 0 radical (unpaired) electrons. The summed E-state index contributed by atoms with van der Waals surface area (Å²) in [4.78, 5) is 4.63. The van der Waals surface area contributed by atoms with Gasteiger partial charge >= 0.3 is 0 Å². The van der Waals surface area contributed by atoms with Crippen LogP contribution in [0.4, 0.5) is 0 Å². The van der Waals surface area contributed by atoms with E-state index < -0.39 is 0 Å². The summed E-state index contributed by atoms with van der Waals surface area (Å²) in [6.07, 6.45) is 9.61. The lowest BCUT2D eigenvalue weighted by Gasteiger charge is -2.26. The Morgan fingerprint density at radius 1 is 1.33 bits per heavy atom. The molecule has 18 heavy (non-hydrogen) atoms. The molecule has 2 saturated carbocycles. The van der Waals surface area contributed by atoms with Crippen molar-refractivity contribution >= 4 is 0 Å². The zero-order chi connectivity index (χ0) is 12.5. The fourth-order valence-corrected chi connectivity index (χ4v) is 3.67. The van der Waals surface area contributed by atoms with Gasteiger partial charge in [0.05, 0.1) is 6.04 Å². The Labute approximate surface area is 110 Å². The number of rotatable bonds is 6. The molecule has 1 N–H and O–H groups in total. The first-order chi connectivity index (χ1) is 8.83. The molecule has 0 amide bonds. The molecule has 2 aliphatic rings. The first-order valence-corrected chi connectivity index (χ1v) is 7.57. The third kappa shape index (κ3) is 2.20. The maximum atomic E-state index is 4.63. The highest BCUT2D eigenvalue weighted by Gasteiger charge is 2.48. The molecule has 3 unspecified atom stereocenters. The van der Waals surface area contributed by atoms with Crippen molar-refractivity contribution in [3.63, 3.8) is 0 Å². The van der Waals surface area contributed by atoms with Gasteiger partial charge < -0.3 is 9.88 Å². The van der Waals surface area contributed by atoms with Crippen molar-refractivity contribution in [3.8, 4) is 0 Å². The number of nitrogens with one attached hydrogen (secondary N) is 1.